The number of hydrogen-bond donors (Lipinski definition) is 1. The zero-order chi connectivity index (χ0) is 12.3. The van der Waals surface area contributed by atoms with Crippen LogP contribution in [0.15, 0.2) is 24.3 Å². The smallest absolute Gasteiger partial charge is 0.118 e. The molecule has 0 saturated carbocycles. The summed E-state index contributed by atoms with van der Waals surface area (Å²) < 4.78 is 5.17. The Morgan fingerprint density at radius 3 is 2.53 bits per heavy atom. The molecule has 0 radical (unpaired) electrons. The molecule has 1 aliphatic heterocycles. The lowest BCUT2D eigenvalue weighted by molar-refractivity contribution is 0.212. The van der Waals surface area contributed by atoms with E-state index < -0.39 is 0 Å². The van der Waals surface area contributed by atoms with Crippen LogP contribution in [0.3, 0.4) is 0 Å². The molecule has 1 N–H and O–H groups in total. The van der Waals surface area contributed by atoms with Crippen LogP contribution < -0.4 is 10.1 Å². The molecule has 1 aliphatic rings. The van der Waals surface area contributed by atoms with E-state index in [1.165, 1.54) is 5.56 Å². The first-order valence-electron chi connectivity index (χ1n) is 6.24. The summed E-state index contributed by atoms with van der Waals surface area (Å²) in [5.41, 5.74) is 1.34. The van der Waals surface area contributed by atoms with Crippen LogP contribution in [0.2, 0.25) is 0 Å². The van der Waals surface area contributed by atoms with Gasteiger partial charge in [0.05, 0.1) is 7.11 Å². The minimum absolute atomic E-state index is 0.650. The number of rotatable bonds is 4. The standard InChI is InChI=1S/C14H22N2O/c1-11-8-15-9-14(11)16(2)10-12-4-6-13(17-3)7-5-12/h4-7,11,14-15H,8-10H2,1-3H3. The van der Waals surface area contributed by atoms with Gasteiger partial charge in [0.25, 0.3) is 0 Å². The van der Waals surface area contributed by atoms with E-state index in [-0.39, 0.29) is 0 Å². The van der Waals surface area contributed by atoms with Crippen molar-refractivity contribution in [1.82, 2.24) is 10.2 Å². The molecule has 0 aliphatic carbocycles. The number of hydrogen-bond acceptors (Lipinski definition) is 3. The van der Waals surface area contributed by atoms with E-state index in [1.807, 2.05) is 12.1 Å². The average Bonchev–Trinajstić information content (AvgIpc) is 2.76. The predicted molar refractivity (Wildman–Crippen MR) is 70.3 cm³/mol. The fourth-order valence-electron chi connectivity index (χ4n) is 2.52. The number of benzene rings is 1. The monoisotopic (exact) mass is 234 g/mol. The van der Waals surface area contributed by atoms with Crippen molar-refractivity contribution in [2.75, 3.05) is 27.2 Å². The minimum Gasteiger partial charge on any atom is -0.497 e. The van der Waals surface area contributed by atoms with Gasteiger partial charge >= 0.3 is 0 Å². The Hall–Kier alpha value is -1.06. The third kappa shape index (κ3) is 2.99. The fourth-order valence-corrected chi connectivity index (χ4v) is 2.52. The molecule has 0 bridgehead atoms. The van der Waals surface area contributed by atoms with E-state index in [0.717, 1.165) is 31.3 Å². The molecule has 0 amide bonds. The minimum atomic E-state index is 0.650. The molecule has 1 aromatic rings. The van der Waals surface area contributed by atoms with Crippen molar-refractivity contribution in [3.63, 3.8) is 0 Å². The molecular formula is C14H22N2O. The van der Waals surface area contributed by atoms with Gasteiger partial charge in [-0.25, -0.2) is 0 Å². The average molecular weight is 234 g/mol. The van der Waals surface area contributed by atoms with Crippen molar-refractivity contribution in [3.05, 3.63) is 29.8 Å². The molecule has 2 unspecified atom stereocenters. The first-order chi connectivity index (χ1) is 8.20. The normalized spacial score (nSPS) is 24.2. The molecule has 1 heterocycles. The second-order valence-corrected chi connectivity index (χ2v) is 4.97. The van der Waals surface area contributed by atoms with Gasteiger partial charge in [-0.15, -0.1) is 0 Å². The summed E-state index contributed by atoms with van der Waals surface area (Å²) in [6.07, 6.45) is 0. The molecule has 94 valence electrons. The van der Waals surface area contributed by atoms with E-state index >= 15 is 0 Å². The van der Waals surface area contributed by atoms with Crippen molar-refractivity contribution in [3.8, 4) is 5.75 Å². The highest BCUT2D eigenvalue weighted by Gasteiger charge is 2.26. The van der Waals surface area contributed by atoms with Gasteiger partial charge in [0.15, 0.2) is 0 Å². The van der Waals surface area contributed by atoms with Gasteiger partial charge in [-0.3, -0.25) is 4.90 Å². The molecule has 1 fully saturated rings. The van der Waals surface area contributed by atoms with Crippen molar-refractivity contribution < 1.29 is 4.74 Å². The second-order valence-electron chi connectivity index (χ2n) is 4.97. The summed E-state index contributed by atoms with van der Waals surface area (Å²) in [6.45, 7) is 5.56. The van der Waals surface area contributed by atoms with Crippen LogP contribution in [0.5, 0.6) is 5.75 Å². The summed E-state index contributed by atoms with van der Waals surface area (Å²) in [4.78, 5) is 2.44. The highest BCUT2D eigenvalue weighted by atomic mass is 16.5. The van der Waals surface area contributed by atoms with Crippen LogP contribution in [-0.4, -0.2) is 38.2 Å². The Bertz CT molecular complexity index is 350. The maximum Gasteiger partial charge on any atom is 0.118 e. The number of methoxy groups -OCH3 is 1. The Kier molecular flexibility index (Phi) is 4.02. The van der Waals surface area contributed by atoms with Gasteiger partial charge in [0.2, 0.25) is 0 Å². The summed E-state index contributed by atoms with van der Waals surface area (Å²) in [5, 5.41) is 3.45. The van der Waals surface area contributed by atoms with E-state index in [4.69, 9.17) is 4.74 Å². The van der Waals surface area contributed by atoms with E-state index in [2.05, 4.69) is 36.3 Å². The van der Waals surface area contributed by atoms with E-state index in [0.29, 0.717) is 6.04 Å². The number of likely N-dealkylation sites (N-methyl/N-ethyl adjacent to an activating group) is 1. The Morgan fingerprint density at radius 1 is 1.29 bits per heavy atom. The van der Waals surface area contributed by atoms with Crippen LogP contribution >= 0.6 is 0 Å². The number of ether oxygens (including phenoxy) is 1. The van der Waals surface area contributed by atoms with Gasteiger partial charge < -0.3 is 10.1 Å². The lowest BCUT2D eigenvalue weighted by Gasteiger charge is -2.27. The van der Waals surface area contributed by atoms with Crippen LogP contribution in [0, 0.1) is 5.92 Å². The van der Waals surface area contributed by atoms with Crippen molar-refractivity contribution in [2.45, 2.75) is 19.5 Å². The first-order valence-corrected chi connectivity index (χ1v) is 6.24. The number of nitrogens with zero attached hydrogens (tertiary/aromatic N) is 1. The first kappa shape index (κ1) is 12.4. The Labute approximate surface area is 104 Å². The van der Waals surface area contributed by atoms with Crippen LogP contribution in [0.1, 0.15) is 12.5 Å². The molecular weight excluding hydrogens is 212 g/mol. The van der Waals surface area contributed by atoms with Gasteiger partial charge in [0.1, 0.15) is 5.75 Å². The van der Waals surface area contributed by atoms with Crippen molar-refractivity contribution >= 4 is 0 Å². The topological polar surface area (TPSA) is 24.5 Å². The lowest BCUT2D eigenvalue weighted by atomic mass is 10.0. The van der Waals surface area contributed by atoms with E-state index in [1.54, 1.807) is 7.11 Å². The van der Waals surface area contributed by atoms with Gasteiger partial charge in [0, 0.05) is 19.1 Å². The maximum atomic E-state index is 5.17. The number of nitrogens with one attached hydrogen (secondary N) is 1. The maximum absolute atomic E-state index is 5.17. The summed E-state index contributed by atoms with van der Waals surface area (Å²) in [5.74, 6) is 1.66. The Morgan fingerprint density at radius 2 is 2.00 bits per heavy atom. The highest BCUT2D eigenvalue weighted by molar-refractivity contribution is 5.27. The molecule has 1 aromatic carbocycles. The lowest BCUT2D eigenvalue weighted by Crippen LogP contribution is -2.36. The molecule has 2 rings (SSSR count). The van der Waals surface area contributed by atoms with Crippen molar-refractivity contribution in [2.24, 2.45) is 5.92 Å². The van der Waals surface area contributed by atoms with E-state index in [9.17, 15) is 0 Å². The van der Waals surface area contributed by atoms with Gasteiger partial charge in [-0.1, -0.05) is 19.1 Å². The summed E-state index contributed by atoms with van der Waals surface area (Å²) >= 11 is 0. The molecule has 0 spiro atoms. The van der Waals surface area contributed by atoms with Gasteiger partial charge in [-0.2, -0.15) is 0 Å². The summed E-state index contributed by atoms with van der Waals surface area (Å²) in [7, 11) is 3.91. The van der Waals surface area contributed by atoms with Crippen molar-refractivity contribution in [1.29, 1.82) is 0 Å². The quantitative estimate of drug-likeness (QED) is 0.859. The second kappa shape index (κ2) is 5.52. The van der Waals surface area contributed by atoms with Gasteiger partial charge in [-0.05, 0) is 37.2 Å². The Balaban J connectivity index is 1.95. The SMILES string of the molecule is COc1ccc(CN(C)C2CNCC2C)cc1. The summed E-state index contributed by atoms with van der Waals surface area (Å²) in [6, 6.07) is 8.99. The van der Waals surface area contributed by atoms with Crippen LogP contribution in [0.25, 0.3) is 0 Å². The molecule has 3 heteroatoms. The molecule has 17 heavy (non-hydrogen) atoms. The molecule has 3 nitrogen and oxygen atoms in total. The third-order valence-electron chi connectivity index (χ3n) is 3.63. The largest absolute Gasteiger partial charge is 0.497 e. The zero-order valence-corrected chi connectivity index (χ0v) is 10.9. The molecule has 1 saturated heterocycles. The van der Waals surface area contributed by atoms with Crippen LogP contribution in [0.4, 0.5) is 0 Å². The fraction of sp³-hybridized carbons (Fsp3) is 0.571. The van der Waals surface area contributed by atoms with Crippen LogP contribution in [-0.2, 0) is 6.54 Å². The zero-order valence-electron chi connectivity index (χ0n) is 10.9. The highest BCUT2D eigenvalue weighted by Crippen LogP contribution is 2.18. The molecule has 2 atom stereocenters. The molecule has 0 aromatic heterocycles. The third-order valence-corrected chi connectivity index (χ3v) is 3.63. The predicted octanol–water partition coefficient (Wildman–Crippen LogP) is 1.73.